The van der Waals surface area contributed by atoms with Gasteiger partial charge in [0.1, 0.15) is 11.4 Å². The van der Waals surface area contributed by atoms with Gasteiger partial charge < -0.3 is 25.8 Å². The Labute approximate surface area is 191 Å². The Balaban J connectivity index is 0.00000420. The average Bonchev–Trinajstić information content (AvgIpc) is 2.60. The second-order valence-corrected chi connectivity index (χ2v) is 8.20. The smallest absolute Gasteiger partial charge is 0.407 e. The van der Waals surface area contributed by atoms with E-state index in [9.17, 15) is 9.90 Å². The van der Waals surface area contributed by atoms with E-state index in [4.69, 9.17) is 4.74 Å². The van der Waals surface area contributed by atoms with Crippen molar-refractivity contribution in [2.45, 2.75) is 77.6 Å². The summed E-state index contributed by atoms with van der Waals surface area (Å²) in [6, 6.07) is 7.61. The molecule has 4 N–H and O–H groups in total. The molecule has 164 valence electrons. The van der Waals surface area contributed by atoms with Gasteiger partial charge in [0.25, 0.3) is 0 Å². The lowest BCUT2D eigenvalue weighted by Gasteiger charge is -2.31. The van der Waals surface area contributed by atoms with Gasteiger partial charge in [0.05, 0.1) is 6.54 Å². The van der Waals surface area contributed by atoms with Crippen LogP contribution in [0.5, 0.6) is 5.75 Å². The quantitative estimate of drug-likeness (QED) is 0.270. The highest BCUT2D eigenvalue weighted by Gasteiger charge is 2.25. The number of hydrogen-bond acceptors (Lipinski definition) is 4. The first kappa shape index (κ1) is 25.3. The lowest BCUT2D eigenvalue weighted by Crippen LogP contribution is -2.48. The van der Waals surface area contributed by atoms with E-state index in [1.165, 1.54) is 0 Å². The maximum atomic E-state index is 11.9. The molecule has 29 heavy (non-hydrogen) atoms. The lowest BCUT2D eigenvalue weighted by atomic mass is 9.91. The number of phenolic OH excluding ortho intramolecular Hbond substituents is 1. The minimum atomic E-state index is -0.477. The number of nitrogens with one attached hydrogen (secondary N) is 3. The minimum Gasteiger partial charge on any atom is -0.508 e. The summed E-state index contributed by atoms with van der Waals surface area (Å²) in [6.07, 6.45) is 3.38. The van der Waals surface area contributed by atoms with Crippen LogP contribution in [-0.4, -0.2) is 41.4 Å². The summed E-state index contributed by atoms with van der Waals surface area (Å²) in [5.41, 5.74) is 0.484. The zero-order chi connectivity index (χ0) is 20.6. The van der Waals surface area contributed by atoms with E-state index in [1.54, 1.807) is 12.1 Å². The molecule has 0 heterocycles. The lowest BCUT2D eigenvalue weighted by molar-refractivity contribution is 0.0490. The van der Waals surface area contributed by atoms with Crippen LogP contribution in [0.25, 0.3) is 0 Å². The fourth-order valence-electron chi connectivity index (χ4n) is 3.19. The molecule has 0 spiro atoms. The largest absolute Gasteiger partial charge is 0.508 e. The number of nitrogens with zero attached hydrogens (tertiary/aromatic N) is 1. The van der Waals surface area contributed by atoms with Gasteiger partial charge >= 0.3 is 6.09 Å². The third kappa shape index (κ3) is 10.0. The number of phenols is 1. The summed E-state index contributed by atoms with van der Waals surface area (Å²) in [7, 11) is 0. The number of ether oxygens (including phenoxy) is 1. The van der Waals surface area contributed by atoms with Gasteiger partial charge in [-0.05, 0) is 71.1 Å². The predicted octanol–water partition coefficient (Wildman–Crippen LogP) is 3.90. The normalized spacial score (nSPS) is 19.7. The molecule has 0 saturated heterocycles. The molecular formula is C21H35IN4O3. The molecule has 1 aromatic rings. The molecule has 0 unspecified atom stereocenters. The molecule has 0 aromatic heterocycles. The van der Waals surface area contributed by atoms with Gasteiger partial charge in [-0.15, -0.1) is 24.0 Å². The molecule has 1 aliphatic carbocycles. The number of carbonyl (C=O) groups excluding carboxylic acids is 1. The number of guanidine groups is 1. The van der Waals surface area contributed by atoms with Gasteiger partial charge in [-0.3, -0.25) is 0 Å². The number of alkyl carbamates (subject to hydrolysis) is 1. The highest BCUT2D eigenvalue weighted by atomic mass is 127. The van der Waals surface area contributed by atoms with E-state index in [0.29, 0.717) is 12.6 Å². The summed E-state index contributed by atoms with van der Waals surface area (Å²) >= 11 is 0. The first-order valence-electron chi connectivity index (χ1n) is 10.1. The van der Waals surface area contributed by atoms with Crippen molar-refractivity contribution in [3.8, 4) is 5.75 Å². The van der Waals surface area contributed by atoms with Gasteiger partial charge in [0, 0.05) is 18.6 Å². The maximum absolute atomic E-state index is 11.9. The molecule has 8 heteroatoms. The van der Waals surface area contributed by atoms with Crippen molar-refractivity contribution in [1.82, 2.24) is 16.0 Å². The second kappa shape index (κ2) is 12.1. The van der Waals surface area contributed by atoms with Crippen LogP contribution in [0.1, 0.15) is 58.9 Å². The molecule has 1 amide bonds. The van der Waals surface area contributed by atoms with E-state index >= 15 is 0 Å². The topological polar surface area (TPSA) is 95.0 Å². The Hall–Kier alpha value is -1.71. The van der Waals surface area contributed by atoms with Crippen LogP contribution in [0.15, 0.2) is 29.3 Å². The number of carbonyl (C=O) groups is 1. The molecular weight excluding hydrogens is 483 g/mol. The predicted molar refractivity (Wildman–Crippen MR) is 127 cm³/mol. The number of hydrogen-bond donors (Lipinski definition) is 4. The first-order chi connectivity index (χ1) is 13.2. The monoisotopic (exact) mass is 518 g/mol. The third-order valence-corrected chi connectivity index (χ3v) is 4.46. The SMILES string of the molecule is CCNC(=NCc1cccc(O)c1)NC1CCC(NC(=O)OC(C)(C)C)CC1.I. The Morgan fingerprint density at radius 1 is 1.17 bits per heavy atom. The molecule has 0 bridgehead atoms. The van der Waals surface area contributed by atoms with Crippen molar-refractivity contribution in [2.75, 3.05) is 6.54 Å². The molecule has 7 nitrogen and oxygen atoms in total. The number of amides is 1. The molecule has 0 radical (unpaired) electrons. The van der Waals surface area contributed by atoms with Crippen molar-refractivity contribution >= 4 is 36.0 Å². The highest BCUT2D eigenvalue weighted by Crippen LogP contribution is 2.19. The molecule has 0 aliphatic heterocycles. The van der Waals surface area contributed by atoms with Crippen LogP contribution < -0.4 is 16.0 Å². The fraction of sp³-hybridized carbons (Fsp3) is 0.619. The van der Waals surface area contributed by atoms with Crippen LogP contribution in [0.2, 0.25) is 0 Å². The van der Waals surface area contributed by atoms with Crippen molar-refractivity contribution in [3.63, 3.8) is 0 Å². The molecule has 1 fully saturated rings. The summed E-state index contributed by atoms with van der Waals surface area (Å²) in [6.45, 7) is 8.91. The number of aromatic hydroxyl groups is 1. The van der Waals surface area contributed by atoms with Gasteiger partial charge in [-0.25, -0.2) is 9.79 Å². The second-order valence-electron chi connectivity index (χ2n) is 8.20. The van der Waals surface area contributed by atoms with Gasteiger partial charge in [-0.1, -0.05) is 12.1 Å². The Kier molecular flexibility index (Phi) is 10.6. The average molecular weight is 518 g/mol. The van der Waals surface area contributed by atoms with Crippen molar-refractivity contribution < 1.29 is 14.6 Å². The molecule has 1 aromatic carbocycles. The van der Waals surface area contributed by atoms with Crippen LogP contribution in [0, 0.1) is 0 Å². The summed E-state index contributed by atoms with van der Waals surface area (Å²) < 4.78 is 5.33. The molecule has 1 saturated carbocycles. The Bertz CT molecular complexity index is 668. The maximum Gasteiger partial charge on any atom is 0.407 e. The minimum absolute atomic E-state index is 0. The number of rotatable bonds is 5. The number of benzene rings is 1. The number of aliphatic imine (C=N–C) groups is 1. The summed E-state index contributed by atoms with van der Waals surface area (Å²) in [4.78, 5) is 16.5. The van der Waals surface area contributed by atoms with E-state index in [2.05, 4.69) is 20.9 Å². The van der Waals surface area contributed by atoms with Gasteiger partial charge in [0.15, 0.2) is 5.96 Å². The zero-order valence-corrected chi connectivity index (χ0v) is 20.2. The van der Waals surface area contributed by atoms with E-state index in [1.807, 2.05) is 39.8 Å². The Morgan fingerprint density at radius 3 is 2.34 bits per heavy atom. The Morgan fingerprint density at radius 2 is 1.79 bits per heavy atom. The van der Waals surface area contributed by atoms with Crippen molar-refractivity contribution in [2.24, 2.45) is 4.99 Å². The third-order valence-electron chi connectivity index (χ3n) is 4.46. The molecule has 1 aliphatic rings. The van der Waals surface area contributed by atoms with Crippen LogP contribution in [-0.2, 0) is 11.3 Å². The van der Waals surface area contributed by atoms with E-state index in [0.717, 1.165) is 43.8 Å². The van der Waals surface area contributed by atoms with Crippen molar-refractivity contribution in [3.05, 3.63) is 29.8 Å². The zero-order valence-electron chi connectivity index (χ0n) is 17.8. The molecule has 2 rings (SSSR count). The van der Waals surface area contributed by atoms with Crippen LogP contribution in [0.4, 0.5) is 4.79 Å². The van der Waals surface area contributed by atoms with Crippen LogP contribution >= 0.6 is 24.0 Å². The van der Waals surface area contributed by atoms with Gasteiger partial charge in [0.2, 0.25) is 0 Å². The van der Waals surface area contributed by atoms with Crippen LogP contribution in [0.3, 0.4) is 0 Å². The highest BCUT2D eigenvalue weighted by molar-refractivity contribution is 14.0. The van der Waals surface area contributed by atoms with E-state index < -0.39 is 5.60 Å². The van der Waals surface area contributed by atoms with E-state index in [-0.39, 0.29) is 41.9 Å². The molecule has 0 atom stereocenters. The van der Waals surface area contributed by atoms with Gasteiger partial charge in [-0.2, -0.15) is 0 Å². The summed E-state index contributed by atoms with van der Waals surface area (Å²) in [5.74, 6) is 1.02. The standard InChI is InChI=1S/C21H34N4O3.HI/c1-5-22-19(23-14-15-7-6-8-18(26)13-15)24-16-9-11-17(12-10-16)25-20(27)28-21(2,3)4;/h6-8,13,16-17,26H,5,9-12,14H2,1-4H3,(H,25,27)(H2,22,23,24);1H. The fourth-order valence-corrected chi connectivity index (χ4v) is 3.19. The first-order valence-corrected chi connectivity index (χ1v) is 10.1. The summed E-state index contributed by atoms with van der Waals surface area (Å²) in [5, 5.41) is 19.3. The number of halogens is 1. The van der Waals surface area contributed by atoms with Crippen molar-refractivity contribution in [1.29, 1.82) is 0 Å².